The minimum absolute atomic E-state index is 0.104. The zero-order valence-corrected chi connectivity index (χ0v) is 16.5. The lowest BCUT2D eigenvalue weighted by Gasteiger charge is -2.35. The van der Waals surface area contributed by atoms with Gasteiger partial charge in [0, 0.05) is 18.7 Å². The van der Waals surface area contributed by atoms with Crippen molar-refractivity contribution in [3.05, 3.63) is 59.7 Å². The van der Waals surface area contributed by atoms with E-state index < -0.39 is 26.6 Å². The third-order valence-electron chi connectivity index (χ3n) is 4.95. The molecule has 1 heterocycles. The van der Waals surface area contributed by atoms with Gasteiger partial charge in [-0.15, -0.1) is 0 Å². The first-order valence-corrected chi connectivity index (χ1v) is 10.7. The second-order valence-electron chi connectivity index (χ2n) is 6.84. The van der Waals surface area contributed by atoms with E-state index in [2.05, 4.69) is 9.62 Å². The van der Waals surface area contributed by atoms with Crippen molar-refractivity contribution in [2.24, 2.45) is 0 Å². The van der Waals surface area contributed by atoms with E-state index in [1.54, 1.807) is 7.11 Å². The lowest BCUT2D eigenvalue weighted by atomic mass is 10.0. The van der Waals surface area contributed by atoms with Crippen LogP contribution in [0.1, 0.15) is 30.9 Å². The molecule has 1 aliphatic rings. The van der Waals surface area contributed by atoms with Crippen LogP contribution in [0.2, 0.25) is 0 Å². The van der Waals surface area contributed by atoms with Gasteiger partial charge in [-0.05, 0) is 55.8 Å². The third-order valence-corrected chi connectivity index (χ3v) is 6.35. The average Bonchev–Trinajstić information content (AvgIpc) is 2.68. The van der Waals surface area contributed by atoms with E-state index in [4.69, 9.17) is 4.74 Å². The second-order valence-corrected chi connectivity index (χ2v) is 8.61. The Balaban J connectivity index is 1.82. The van der Waals surface area contributed by atoms with Crippen LogP contribution < -0.4 is 9.46 Å². The number of halogens is 2. The highest BCUT2D eigenvalue weighted by atomic mass is 32.2. The third kappa shape index (κ3) is 5.06. The number of benzene rings is 2. The van der Waals surface area contributed by atoms with Gasteiger partial charge in [-0.2, -0.15) is 0 Å². The summed E-state index contributed by atoms with van der Waals surface area (Å²) in [6, 6.07) is 9.59. The Hall–Kier alpha value is -2.03. The molecule has 1 N–H and O–H groups in total. The molecule has 3 rings (SSSR count). The van der Waals surface area contributed by atoms with E-state index in [1.807, 2.05) is 24.3 Å². The number of piperidine rings is 1. The highest BCUT2D eigenvalue weighted by Gasteiger charge is 2.25. The van der Waals surface area contributed by atoms with Crippen molar-refractivity contribution in [3.63, 3.8) is 0 Å². The summed E-state index contributed by atoms with van der Waals surface area (Å²) in [7, 11) is -2.45. The molecule has 0 saturated carbocycles. The van der Waals surface area contributed by atoms with Gasteiger partial charge in [0.05, 0.1) is 12.0 Å². The molecule has 2 aromatic rings. The molecule has 2 aromatic carbocycles. The van der Waals surface area contributed by atoms with E-state index in [9.17, 15) is 17.2 Å². The molecule has 0 amide bonds. The predicted molar refractivity (Wildman–Crippen MR) is 103 cm³/mol. The van der Waals surface area contributed by atoms with Crippen LogP contribution in [0.5, 0.6) is 5.75 Å². The van der Waals surface area contributed by atoms with Gasteiger partial charge in [0.1, 0.15) is 17.4 Å². The van der Waals surface area contributed by atoms with Crippen molar-refractivity contribution in [1.82, 2.24) is 9.62 Å². The Kier molecular flexibility index (Phi) is 6.64. The molecule has 1 fully saturated rings. The van der Waals surface area contributed by atoms with Crippen LogP contribution in [0.25, 0.3) is 0 Å². The number of methoxy groups -OCH3 is 1. The number of nitrogens with zero attached hydrogens (tertiary/aromatic N) is 1. The van der Waals surface area contributed by atoms with E-state index in [0.29, 0.717) is 6.07 Å². The summed E-state index contributed by atoms with van der Waals surface area (Å²) >= 11 is 0. The van der Waals surface area contributed by atoms with Crippen LogP contribution in [0.15, 0.2) is 47.4 Å². The van der Waals surface area contributed by atoms with Gasteiger partial charge in [0.25, 0.3) is 0 Å². The number of hydrogen-bond donors (Lipinski definition) is 1. The Morgan fingerprint density at radius 1 is 1.04 bits per heavy atom. The van der Waals surface area contributed by atoms with Gasteiger partial charge < -0.3 is 4.74 Å². The maximum atomic E-state index is 13.4. The summed E-state index contributed by atoms with van der Waals surface area (Å²) in [4.78, 5) is 1.82. The van der Waals surface area contributed by atoms with Gasteiger partial charge in [-0.25, -0.2) is 21.9 Å². The average molecular weight is 410 g/mol. The fourth-order valence-electron chi connectivity index (χ4n) is 3.47. The van der Waals surface area contributed by atoms with Crippen LogP contribution >= 0.6 is 0 Å². The molecular formula is C20H24F2N2O3S. The molecule has 1 atom stereocenters. The highest BCUT2D eigenvalue weighted by Crippen LogP contribution is 2.26. The second kappa shape index (κ2) is 8.98. The molecule has 152 valence electrons. The molecular weight excluding hydrogens is 386 g/mol. The van der Waals surface area contributed by atoms with Gasteiger partial charge in [0.15, 0.2) is 0 Å². The quantitative estimate of drug-likeness (QED) is 0.759. The monoisotopic (exact) mass is 410 g/mol. The fraction of sp³-hybridized carbons (Fsp3) is 0.400. The van der Waals surface area contributed by atoms with Crippen LogP contribution in [-0.4, -0.2) is 40.1 Å². The van der Waals surface area contributed by atoms with Crippen LogP contribution in [0.4, 0.5) is 8.78 Å². The molecule has 28 heavy (non-hydrogen) atoms. The minimum Gasteiger partial charge on any atom is -0.497 e. The molecule has 8 heteroatoms. The first-order chi connectivity index (χ1) is 13.4. The zero-order chi connectivity index (χ0) is 20.1. The molecule has 1 saturated heterocycles. The molecule has 0 spiro atoms. The topological polar surface area (TPSA) is 58.6 Å². The number of hydrogen-bond acceptors (Lipinski definition) is 4. The minimum atomic E-state index is -4.04. The Bertz CT molecular complexity index is 878. The summed E-state index contributed by atoms with van der Waals surface area (Å²) in [5.41, 5.74) is 0.954. The lowest BCUT2D eigenvalue weighted by molar-refractivity contribution is 0.164. The van der Waals surface area contributed by atoms with Gasteiger partial charge in [0.2, 0.25) is 10.0 Å². The number of nitrogens with one attached hydrogen (secondary N) is 1. The standard InChI is InChI=1S/C20H24F2N2O3S/c1-27-18-7-5-15(6-8-18)20(24-9-3-2-4-10-24)14-23-28(25,26)19-12-16(21)11-17(22)13-19/h5-8,11-13,20,23H,2-4,9-10,14H2,1H3. The van der Waals surface area contributed by atoms with Gasteiger partial charge in [-0.1, -0.05) is 18.6 Å². The van der Waals surface area contributed by atoms with Crippen molar-refractivity contribution in [3.8, 4) is 5.75 Å². The maximum absolute atomic E-state index is 13.4. The van der Waals surface area contributed by atoms with E-state index >= 15 is 0 Å². The largest absolute Gasteiger partial charge is 0.497 e. The van der Waals surface area contributed by atoms with Crippen molar-refractivity contribution >= 4 is 10.0 Å². The van der Waals surface area contributed by atoms with Crippen LogP contribution in [0.3, 0.4) is 0 Å². The first-order valence-electron chi connectivity index (χ1n) is 9.23. The molecule has 0 bridgehead atoms. The zero-order valence-electron chi connectivity index (χ0n) is 15.7. The molecule has 1 aliphatic heterocycles. The van der Waals surface area contributed by atoms with Crippen LogP contribution in [-0.2, 0) is 10.0 Å². The highest BCUT2D eigenvalue weighted by molar-refractivity contribution is 7.89. The molecule has 1 unspecified atom stereocenters. The summed E-state index contributed by atoms with van der Waals surface area (Å²) in [6.07, 6.45) is 3.25. The number of rotatable bonds is 7. The molecule has 0 aromatic heterocycles. The summed E-state index contributed by atoms with van der Waals surface area (Å²) in [6.45, 7) is 1.84. The van der Waals surface area contributed by atoms with E-state index in [1.165, 1.54) is 0 Å². The molecule has 0 aliphatic carbocycles. The van der Waals surface area contributed by atoms with Crippen LogP contribution in [0, 0.1) is 11.6 Å². The first kappa shape index (κ1) is 20.7. The van der Waals surface area contributed by atoms with Crippen molar-refractivity contribution in [2.45, 2.75) is 30.2 Å². The number of ether oxygens (including phenoxy) is 1. The Morgan fingerprint density at radius 3 is 2.21 bits per heavy atom. The van der Waals surface area contributed by atoms with Crippen molar-refractivity contribution in [1.29, 1.82) is 0 Å². The Labute approximate surface area is 164 Å². The molecule has 5 nitrogen and oxygen atoms in total. The lowest BCUT2D eigenvalue weighted by Crippen LogP contribution is -2.40. The predicted octanol–water partition coefficient (Wildman–Crippen LogP) is 3.48. The normalized spacial score (nSPS) is 16.7. The number of likely N-dealkylation sites (tertiary alicyclic amines) is 1. The van der Waals surface area contributed by atoms with E-state index in [-0.39, 0.29) is 12.6 Å². The molecule has 0 radical (unpaired) electrons. The van der Waals surface area contributed by atoms with Crippen molar-refractivity contribution < 1.29 is 21.9 Å². The number of sulfonamides is 1. The summed E-state index contributed by atoms with van der Waals surface area (Å²) in [5, 5.41) is 0. The Morgan fingerprint density at radius 2 is 1.64 bits per heavy atom. The van der Waals surface area contributed by atoms with Crippen molar-refractivity contribution in [2.75, 3.05) is 26.7 Å². The summed E-state index contributed by atoms with van der Waals surface area (Å²) in [5.74, 6) is -1.14. The van der Waals surface area contributed by atoms with E-state index in [0.717, 1.165) is 55.8 Å². The smallest absolute Gasteiger partial charge is 0.240 e. The fourth-order valence-corrected chi connectivity index (χ4v) is 4.55. The maximum Gasteiger partial charge on any atom is 0.240 e. The van der Waals surface area contributed by atoms with Gasteiger partial charge >= 0.3 is 0 Å². The van der Waals surface area contributed by atoms with Gasteiger partial charge in [-0.3, -0.25) is 4.90 Å². The SMILES string of the molecule is COc1ccc(C(CNS(=O)(=O)c2cc(F)cc(F)c2)N2CCCCC2)cc1. The summed E-state index contributed by atoms with van der Waals surface area (Å²) < 4.78 is 59.7.